The van der Waals surface area contributed by atoms with Crippen molar-refractivity contribution < 1.29 is 9.59 Å². The highest BCUT2D eigenvalue weighted by Crippen LogP contribution is 2.51. The van der Waals surface area contributed by atoms with Gasteiger partial charge in [-0.2, -0.15) is 0 Å². The van der Waals surface area contributed by atoms with Crippen molar-refractivity contribution in [3.8, 4) is 0 Å². The molecule has 2 fully saturated rings. The Hall–Kier alpha value is -2.69. The average Bonchev–Trinajstić information content (AvgIpc) is 3.48. The van der Waals surface area contributed by atoms with Gasteiger partial charge >= 0.3 is 0 Å². The van der Waals surface area contributed by atoms with Gasteiger partial charge in [0.25, 0.3) is 0 Å². The predicted octanol–water partition coefficient (Wildman–Crippen LogP) is 2.42. The minimum Gasteiger partial charge on any atom is -0.350 e. The van der Waals surface area contributed by atoms with Crippen LogP contribution >= 0.6 is 0 Å². The van der Waals surface area contributed by atoms with Crippen LogP contribution in [-0.2, 0) is 21.5 Å². The average molecular weight is 349 g/mol. The van der Waals surface area contributed by atoms with Gasteiger partial charge in [0.2, 0.25) is 11.8 Å². The smallest absolute Gasteiger partial charge is 0.246 e. The maximum atomic E-state index is 13.2. The Morgan fingerprint density at radius 2 is 1.88 bits per heavy atom. The second kappa shape index (κ2) is 6.24. The maximum absolute atomic E-state index is 13.2. The van der Waals surface area contributed by atoms with Crippen molar-refractivity contribution in [1.29, 1.82) is 0 Å². The molecule has 1 saturated heterocycles. The van der Waals surface area contributed by atoms with E-state index in [1.807, 2.05) is 49.4 Å². The van der Waals surface area contributed by atoms with Crippen LogP contribution in [0.25, 0.3) is 0 Å². The number of hydrogen-bond acceptors (Lipinski definition) is 3. The molecule has 0 spiro atoms. The van der Waals surface area contributed by atoms with Crippen molar-refractivity contribution in [1.82, 2.24) is 15.2 Å². The van der Waals surface area contributed by atoms with Gasteiger partial charge in [0.1, 0.15) is 5.54 Å². The number of likely N-dealkylation sites (tertiary alicyclic amines) is 1. The number of nitrogens with zero attached hydrogens (tertiary/aromatic N) is 2. The van der Waals surface area contributed by atoms with E-state index in [-0.39, 0.29) is 11.8 Å². The largest absolute Gasteiger partial charge is 0.350 e. The fourth-order valence-electron chi connectivity index (χ4n) is 3.76. The molecule has 2 heterocycles. The molecule has 5 nitrogen and oxygen atoms in total. The first-order valence-corrected chi connectivity index (χ1v) is 9.11. The Morgan fingerprint density at radius 1 is 1.12 bits per heavy atom. The SMILES string of the molecule is CC1(C(=O)NCc2cccnc2)CCN1C(=O)C1(c2ccccc2)CC1. The second-order valence-corrected chi connectivity index (χ2v) is 7.47. The van der Waals surface area contributed by atoms with E-state index in [4.69, 9.17) is 0 Å². The quantitative estimate of drug-likeness (QED) is 0.902. The molecule has 2 amide bonds. The molecule has 134 valence electrons. The molecule has 1 atom stereocenters. The second-order valence-electron chi connectivity index (χ2n) is 7.47. The normalized spacial score (nSPS) is 23.0. The van der Waals surface area contributed by atoms with E-state index in [1.54, 1.807) is 17.3 Å². The Bertz CT molecular complexity index is 818. The van der Waals surface area contributed by atoms with Crippen LogP contribution in [0.2, 0.25) is 0 Å². The van der Waals surface area contributed by atoms with Crippen LogP contribution in [-0.4, -0.2) is 33.8 Å². The van der Waals surface area contributed by atoms with Crippen LogP contribution in [0, 0.1) is 0 Å². The summed E-state index contributed by atoms with van der Waals surface area (Å²) in [6.07, 6.45) is 5.86. The first kappa shape index (κ1) is 16.8. The van der Waals surface area contributed by atoms with Crippen molar-refractivity contribution in [3.63, 3.8) is 0 Å². The molecular formula is C21H23N3O2. The molecule has 0 bridgehead atoms. The van der Waals surface area contributed by atoms with Crippen molar-refractivity contribution in [2.75, 3.05) is 6.54 Å². The molecule has 26 heavy (non-hydrogen) atoms. The van der Waals surface area contributed by atoms with E-state index >= 15 is 0 Å². The van der Waals surface area contributed by atoms with Crippen LogP contribution in [0.5, 0.6) is 0 Å². The molecular weight excluding hydrogens is 326 g/mol. The summed E-state index contributed by atoms with van der Waals surface area (Å²) in [6, 6.07) is 13.7. The number of amides is 2. The number of hydrogen-bond donors (Lipinski definition) is 1. The van der Waals surface area contributed by atoms with Crippen LogP contribution in [0.4, 0.5) is 0 Å². The number of carbonyl (C=O) groups is 2. The van der Waals surface area contributed by atoms with Crippen LogP contribution < -0.4 is 5.32 Å². The molecule has 1 unspecified atom stereocenters. The molecule has 1 N–H and O–H groups in total. The summed E-state index contributed by atoms with van der Waals surface area (Å²) in [4.78, 5) is 31.9. The van der Waals surface area contributed by atoms with Crippen molar-refractivity contribution in [2.45, 2.75) is 43.7 Å². The molecule has 4 rings (SSSR count). The summed E-state index contributed by atoms with van der Waals surface area (Å²) in [6.45, 7) is 2.94. The molecule has 0 radical (unpaired) electrons. The van der Waals surface area contributed by atoms with Crippen molar-refractivity contribution >= 4 is 11.8 Å². The summed E-state index contributed by atoms with van der Waals surface area (Å²) in [7, 11) is 0. The number of rotatable bonds is 5. The van der Waals surface area contributed by atoms with Crippen LogP contribution in [0.15, 0.2) is 54.9 Å². The summed E-state index contributed by atoms with van der Waals surface area (Å²) >= 11 is 0. The molecule has 1 aliphatic carbocycles. The number of pyridine rings is 1. The zero-order chi connectivity index (χ0) is 18.2. The molecule has 2 aromatic rings. The molecule has 2 aliphatic rings. The lowest BCUT2D eigenvalue weighted by Gasteiger charge is -2.50. The number of aromatic nitrogens is 1. The van der Waals surface area contributed by atoms with E-state index in [0.29, 0.717) is 19.5 Å². The molecule has 1 saturated carbocycles. The predicted molar refractivity (Wildman–Crippen MR) is 98.2 cm³/mol. The third kappa shape index (κ3) is 2.68. The number of benzene rings is 1. The van der Waals surface area contributed by atoms with Gasteiger partial charge in [0.05, 0.1) is 5.41 Å². The Morgan fingerprint density at radius 3 is 2.46 bits per heavy atom. The third-order valence-electron chi connectivity index (χ3n) is 5.81. The first-order valence-electron chi connectivity index (χ1n) is 9.11. The van der Waals surface area contributed by atoms with Gasteiger partial charge in [-0.15, -0.1) is 0 Å². The minimum atomic E-state index is -0.760. The molecule has 1 aliphatic heterocycles. The van der Waals surface area contributed by atoms with Gasteiger partial charge in [-0.1, -0.05) is 36.4 Å². The van der Waals surface area contributed by atoms with Gasteiger partial charge in [-0.25, -0.2) is 0 Å². The Balaban J connectivity index is 1.46. The van der Waals surface area contributed by atoms with E-state index in [2.05, 4.69) is 10.3 Å². The topological polar surface area (TPSA) is 62.3 Å². The highest BCUT2D eigenvalue weighted by atomic mass is 16.2. The van der Waals surface area contributed by atoms with E-state index in [9.17, 15) is 9.59 Å². The summed E-state index contributed by atoms with van der Waals surface area (Å²) in [5.41, 5.74) is 0.829. The van der Waals surface area contributed by atoms with E-state index in [0.717, 1.165) is 24.0 Å². The van der Waals surface area contributed by atoms with Crippen LogP contribution in [0.3, 0.4) is 0 Å². The summed E-state index contributed by atoms with van der Waals surface area (Å²) in [5, 5.41) is 2.97. The van der Waals surface area contributed by atoms with Gasteiger partial charge < -0.3 is 10.2 Å². The van der Waals surface area contributed by atoms with Crippen molar-refractivity contribution in [3.05, 3.63) is 66.0 Å². The lowest BCUT2D eigenvalue weighted by molar-refractivity contribution is -0.159. The monoisotopic (exact) mass is 349 g/mol. The van der Waals surface area contributed by atoms with Gasteiger partial charge in [-0.05, 0) is 43.4 Å². The zero-order valence-corrected chi connectivity index (χ0v) is 14.9. The van der Waals surface area contributed by atoms with Crippen LogP contribution in [0.1, 0.15) is 37.3 Å². The fraction of sp³-hybridized carbons (Fsp3) is 0.381. The van der Waals surface area contributed by atoms with Gasteiger partial charge in [-0.3, -0.25) is 14.6 Å². The van der Waals surface area contributed by atoms with Gasteiger partial charge in [0, 0.05) is 25.5 Å². The minimum absolute atomic E-state index is 0.0916. The first-order chi connectivity index (χ1) is 12.6. The van der Waals surface area contributed by atoms with Gasteiger partial charge in [0.15, 0.2) is 0 Å². The lowest BCUT2D eigenvalue weighted by Crippen LogP contribution is -2.68. The molecule has 1 aromatic heterocycles. The van der Waals surface area contributed by atoms with Crippen molar-refractivity contribution in [2.24, 2.45) is 0 Å². The van der Waals surface area contributed by atoms with E-state index in [1.165, 1.54) is 0 Å². The fourth-order valence-corrected chi connectivity index (χ4v) is 3.76. The highest BCUT2D eigenvalue weighted by molar-refractivity contribution is 5.98. The summed E-state index contributed by atoms with van der Waals surface area (Å²) in [5.74, 6) is -0.00112. The highest BCUT2D eigenvalue weighted by Gasteiger charge is 2.59. The Kier molecular flexibility index (Phi) is 4.02. The molecule has 1 aromatic carbocycles. The maximum Gasteiger partial charge on any atom is 0.246 e. The molecule has 5 heteroatoms. The number of nitrogens with one attached hydrogen (secondary N) is 1. The standard InChI is InChI=1S/C21H23N3O2/c1-20(18(25)23-15-16-6-5-12-22-14-16)11-13-24(20)19(26)21(9-10-21)17-7-3-2-4-8-17/h2-8,12,14H,9-11,13,15H2,1H3,(H,23,25). The lowest BCUT2D eigenvalue weighted by atomic mass is 9.82. The Labute approximate surface area is 153 Å². The summed E-state index contributed by atoms with van der Waals surface area (Å²) < 4.78 is 0. The third-order valence-corrected chi connectivity index (χ3v) is 5.81. The number of carbonyl (C=O) groups excluding carboxylic acids is 2. The van der Waals surface area contributed by atoms with E-state index < -0.39 is 11.0 Å². The zero-order valence-electron chi connectivity index (χ0n) is 14.9.